The van der Waals surface area contributed by atoms with Gasteiger partial charge in [-0.3, -0.25) is 0 Å². The molecule has 11 heteroatoms. The molecule has 3 N–H and O–H groups in total. The average Bonchev–Trinajstić information content (AvgIpc) is 1.12. The monoisotopic (exact) mass is 238 g/mol. The van der Waals surface area contributed by atoms with E-state index in [9.17, 15) is 0 Å². The summed E-state index contributed by atoms with van der Waals surface area (Å²) in [7, 11) is -10.2. The van der Waals surface area contributed by atoms with Crippen LogP contribution in [0.2, 0.25) is 0 Å². The first-order valence-corrected chi connectivity index (χ1v) is 4.80. The van der Waals surface area contributed by atoms with E-state index >= 15 is 0 Å². The van der Waals surface area contributed by atoms with Crippen LogP contribution < -0.4 is 19.2 Å². The Labute approximate surface area is 77.4 Å². The van der Waals surface area contributed by atoms with E-state index in [4.69, 9.17) is 38.4 Å². The molecular weight excluding hydrogens is 235 g/mol. The Bertz CT molecular complexity index is 106. The second kappa shape index (κ2) is 6.40. The standard InChI is InChI=1S/H3O4P.O4Si.Ti/c2*1-5(2,3)4;/h(H3,1,2,3,4);;/q;-4;+4. The van der Waals surface area contributed by atoms with Crippen molar-refractivity contribution in [2.45, 2.75) is 0 Å². The quantitative estimate of drug-likeness (QED) is 0.276. The summed E-state index contributed by atoms with van der Waals surface area (Å²) >= 11 is 0. The minimum Gasteiger partial charge on any atom is -0.894 e. The first-order chi connectivity index (χ1) is 4.00. The normalized spacial score (nSPS) is 10.8. The van der Waals surface area contributed by atoms with Crippen LogP contribution in [-0.4, -0.2) is 23.7 Å². The van der Waals surface area contributed by atoms with Crippen LogP contribution in [0, 0.1) is 0 Å². The number of hydrogen-bond acceptors (Lipinski definition) is 5. The number of rotatable bonds is 0. The van der Waals surface area contributed by atoms with Crippen molar-refractivity contribution in [3.05, 3.63) is 0 Å². The van der Waals surface area contributed by atoms with Crippen molar-refractivity contribution in [2.75, 3.05) is 0 Å². The largest absolute Gasteiger partial charge is 4.00 e. The molecule has 0 amide bonds. The molecule has 0 aliphatic heterocycles. The molecule has 0 unspecified atom stereocenters. The van der Waals surface area contributed by atoms with E-state index in [1.54, 1.807) is 0 Å². The minimum absolute atomic E-state index is 0. The fraction of sp³-hybridized carbons (Fsp3) is 0. The van der Waals surface area contributed by atoms with Gasteiger partial charge in [-0.15, -0.1) is 0 Å². The second-order valence-electron chi connectivity index (χ2n) is 1.01. The van der Waals surface area contributed by atoms with Crippen molar-refractivity contribution in [3.63, 3.8) is 0 Å². The summed E-state index contributed by atoms with van der Waals surface area (Å²) in [6.07, 6.45) is 0. The third kappa shape index (κ3) is 1110. The van der Waals surface area contributed by atoms with E-state index in [1.165, 1.54) is 0 Å². The zero-order valence-corrected chi connectivity index (χ0v) is 8.29. The fourth-order valence-corrected chi connectivity index (χ4v) is 0. The fourth-order valence-electron chi connectivity index (χ4n) is 0. The Morgan fingerprint density at radius 3 is 1.00 bits per heavy atom. The molecule has 0 rings (SSSR count). The molecule has 0 radical (unpaired) electrons. The van der Waals surface area contributed by atoms with Gasteiger partial charge in [0.05, 0.1) is 0 Å². The van der Waals surface area contributed by atoms with E-state index in [-0.39, 0.29) is 21.7 Å². The van der Waals surface area contributed by atoms with Crippen LogP contribution in [0.1, 0.15) is 0 Å². The molecule has 0 atom stereocenters. The molecule has 0 saturated carbocycles. The van der Waals surface area contributed by atoms with Crippen molar-refractivity contribution >= 4 is 16.9 Å². The van der Waals surface area contributed by atoms with Crippen LogP contribution in [0.5, 0.6) is 0 Å². The maximum Gasteiger partial charge on any atom is 4.00 e. The first kappa shape index (κ1) is 17.8. The third-order valence-electron chi connectivity index (χ3n) is 0. The van der Waals surface area contributed by atoms with Crippen LogP contribution in [0.15, 0.2) is 0 Å². The Hall–Kier alpha value is 0.881. The molecule has 0 fully saturated rings. The molecule has 8 nitrogen and oxygen atoms in total. The molecule has 0 bridgehead atoms. The molecule has 11 heavy (non-hydrogen) atoms. The summed E-state index contributed by atoms with van der Waals surface area (Å²) in [5.41, 5.74) is 0. The van der Waals surface area contributed by atoms with E-state index in [2.05, 4.69) is 0 Å². The zero-order chi connectivity index (χ0) is 9.00. The van der Waals surface area contributed by atoms with Crippen LogP contribution in [0.3, 0.4) is 0 Å². The average molecular weight is 238 g/mol. The number of phosphoric acid groups is 1. The molecule has 0 spiro atoms. The van der Waals surface area contributed by atoms with E-state index in [1.807, 2.05) is 0 Å². The Balaban J connectivity index is -0.000000107. The summed E-state index contributed by atoms with van der Waals surface area (Å²) in [5.74, 6) is 0. The van der Waals surface area contributed by atoms with Crippen molar-refractivity contribution in [1.82, 2.24) is 0 Å². The maximum atomic E-state index is 8.88. The smallest absolute Gasteiger partial charge is 0.894 e. The molecule has 0 aromatic heterocycles. The SMILES string of the molecule is O=P(O)(O)O.[O-][Si]([O-])([O-])[O-].[Ti+4]. The van der Waals surface area contributed by atoms with Gasteiger partial charge < -0.3 is 42.9 Å². The molecule has 0 aromatic rings. The minimum atomic E-state index is -5.61. The third-order valence-corrected chi connectivity index (χ3v) is 0. The molecule has 0 heterocycles. The number of hydrogen-bond donors (Lipinski definition) is 3. The Kier molecular flexibility index (Phi) is 10.4. The summed E-state index contributed by atoms with van der Waals surface area (Å²) in [6.45, 7) is 0. The van der Waals surface area contributed by atoms with Crippen molar-refractivity contribution in [2.24, 2.45) is 0 Å². The van der Waals surface area contributed by atoms with Crippen LogP contribution >= 0.6 is 7.82 Å². The predicted octanol–water partition coefficient (Wildman–Crippen LogP) is -6.07. The second-order valence-corrected chi connectivity index (χ2v) is 3.04. The van der Waals surface area contributed by atoms with Crippen molar-refractivity contribution < 1.29 is 60.1 Å². The predicted molar refractivity (Wildman–Crippen MR) is 20.0 cm³/mol. The topological polar surface area (TPSA) is 170 Å². The van der Waals surface area contributed by atoms with Crippen molar-refractivity contribution in [1.29, 1.82) is 0 Å². The molecule has 0 saturated heterocycles. The Morgan fingerprint density at radius 1 is 1.00 bits per heavy atom. The van der Waals surface area contributed by atoms with E-state index in [0.29, 0.717) is 0 Å². The maximum absolute atomic E-state index is 8.88. The summed E-state index contributed by atoms with van der Waals surface area (Å²) in [5, 5.41) is 0. The van der Waals surface area contributed by atoms with Gasteiger partial charge in [-0.1, -0.05) is 0 Å². The van der Waals surface area contributed by atoms with E-state index in [0.717, 1.165) is 0 Å². The molecule has 0 aliphatic rings. The van der Waals surface area contributed by atoms with Gasteiger partial charge in [0, 0.05) is 0 Å². The zero-order valence-electron chi connectivity index (χ0n) is 4.83. The van der Waals surface area contributed by atoms with Gasteiger partial charge >= 0.3 is 29.5 Å². The van der Waals surface area contributed by atoms with Crippen LogP contribution in [-0.2, 0) is 26.3 Å². The van der Waals surface area contributed by atoms with E-state index < -0.39 is 16.9 Å². The summed E-state index contributed by atoms with van der Waals surface area (Å²) in [6, 6.07) is 0. The van der Waals surface area contributed by atoms with Gasteiger partial charge in [-0.2, -0.15) is 0 Å². The summed E-state index contributed by atoms with van der Waals surface area (Å²) in [4.78, 5) is 55.9. The van der Waals surface area contributed by atoms with Gasteiger partial charge in [0.25, 0.3) is 0 Å². The van der Waals surface area contributed by atoms with Gasteiger partial charge in [0.2, 0.25) is 0 Å². The Morgan fingerprint density at radius 2 is 1.00 bits per heavy atom. The first-order valence-electron chi connectivity index (χ1n) is 1.60. The molecule has 0 aliphatic carbocycles. The van der Waals surface area contributed by atoms with Gasteiger partial charge in [0.1, 0.15) is 0 Å². The van der Waals surface area contributed by atoms with Crippen molar-refractivity contribution in [3.8, 4) is 0 Å². The van der Waals surface area contributed by atoms with Gasteiger partial charge in [0.15, 0.2) is 0 Å². The van der Waals surface area contributed by atoms with Crippen LogP contribution in [0.4, 0.5) is 0 Å². The summed E-state index contributed by atoms with van der Waals surface area (Å²) < 4.78 is 8.88. The van der Waals surface area contributed by atoms with Gasteiger partial charge in [-0.25, -0.2) is 4.57 Å². The van der Waals surface area contributed by atoms with Crippen LogP contribution in [0.25, 0.3) is 0 Å². The van der Waals surface area contributed by atoms with Gasteiger partial charge in [-0.05, 0) is 0 Å². The molecular formula is H3O8PSiTi. The molecule has 64 valence electrons. The molecule has 0 aromatic carbocycles.